The van der Waals surface area contributed by atoms with E-state index in [9.17, 15) is 14.4 Å². The van der Waals surface area contributed by atoms with Gasteiger partial charge in [0.25, 0.3) is 11.8 Å². The van der Waals surface area contributed by atoms with Crippen LogP contribution in [-0.2, 0) is 11.2 Å². The lowest BCUT2D eigenvalue weighted by Crippen LogP contribution is -2.44. The number of hydrogen-bond donors (Lipinski definition) is 1. The average Bonchev–Trinajstić information content (AvgIpc) is 3.10. The second-order valence-electron chi connectivity index (χ2n) is 9.57. The highest BCUT2D eigenvalue weighted by Crippen LogP contribution is 2.31. The van der Waals surface area contributed by atoms with Gasteiger partial charge < -0.3 is 10.2 Å². The molecule has 1 saturated heterocycles. The zero-order valence-electron chi connectivity index (χ0n) is 19.8. The maximum Gasteiger partial charge on any atom is 0.262 e. The van der Waals surface area contributed by atoms with Crippen LogP contribution >= 0.6 is 0 Å². The molecule has 34 heavy (non-hydrogen) atoms. The van der Waals surface area contributed by atoms with Crippen molar-refractivity contribution < 1.29 is 14.4 Å². The first-order chi connectivity index (χ1) is 16.5. The summed E-state index contributed by atoms with van der Waals surface area (Å²) in [5.41, 5.74) is 4.61. The topological polar surface area (TPSA) is 73.0 Å². The number of nitrogens with one attached hydrogen (secondary N) is 1. The van der Waals surface area contributed by atoms with Crippen molar-refractivity contribution in [1.82, 2.24) is 15.1 Å². The number of carbonyl (C=O) groups is 3. The van der Waals surface area contributed by atoms with Crippen LogP contribution in [0.5, 0.6) is 0 Å². The Morgan fingerprint density at radius 2 is 1.65 bits per heavy atom. The molecule has 2 aromatic rings. The number of rotatable bonds is 6. The third-order valence-corrected chi connectivity index (χ3v) is 7.34. The number of anilines is 1. The number of likely N-dealkylation sites (tertiary alicyclic amines) is 1. The Hall–Kier alpha value is -3.19. The van der Waals surface area contributed by atoms with E-state index in [2.05, 4.69) is 40.4 Å². The second kappa shape index (κ2) is 9.58. The fraction of sp³-hybridized carbons (Fsp3) is 0.444. The predicted octanol–water partition coefficient (Wildman–Crippen LogP) is 3.01. The fourth-order valence-corrected chi connectivity index (χ4v) is 5.49. The molecule has 1 atom stereocenters. The van der Waals surface area contributed by atoms with Gasteiger partial charge in [-0.2, -0.15) is 0 Å². The molecule has 3 amide bonds. The van der Waals surface area contributed by atoms with E-state index in [0.717, 1.165) is 50.2 Å². The van der Waals surface area contributed by atoms with Gasteiger partial charge in [0.05, 0.1) is 17.2 Å². The normalized spacial score (nSPS) is 19.1. The summed E-state index contributed by atoms with van der Waals surface area (Å²) >= 11 is 0. The standard InChI is InChI=1S/C27H32N4O3/c1-29-13-7-8-19-16-20(11-12-23(19)29)24(30-14-5-2-6-15-30)17-28-25(32)18-31-26(33)21-9-3-4-10-22(21)27(31)34/h3-4,9-12,16,24H,2,5-8,13-15,17-18H2,1H3,(H,28,32)/t24-/m0/s1. The molecule has 0 spiro atoms. The second-order valence-corrected chi connectivity index (χ2v) is 9.57. The maximum absolute atomic E-state index is 12.9. The molecule has 0 aromatic heterocycles. The molecular formula is C27H32N4O3. The van der Waals surface area contributed by atoms with Crippen LogP contribution < -0.4 is 10.2 Å². The van der Waals surface area contributed by atoms with Crippen molar-refractivity contribution >= 4 is 23.4 Å². The van der Waals surface area contributed by atoms with E-state index in [0.29, 0.717) is 17.7 Å². The van der Waals surface area contributed by atoms with Gasteiger partial charge in [-0.15, -0.1) is 0 Å². The molecule has 0 aliphatic carbocycles. The minimum Gasteiger partial charge on any atom is -0.374 e. The van der Waals surface area contributed by atoms with Gasteiger partial charge in [0.2, 0.25) is 5.91 Å². The van der Waals surface area contributed by atoms with Crippen molar-refractivity contribution in [3.05, 3.63) is 64.7 Å². The number of amides is 3. The molecule has 1 N–H and O–H groups in total. The number of benzene rings is 2. The molecule has 0 bridgehead atoms. The van der Waals surface area contributed by atoms with Crippen LogP contribution in [0.3, 0.4) is 0 Å². The summed E-state index contributed by atoms with van der Waals surface area (Å²) in [6.45, 7) is 3.30. The minimum absolute atomic E-state index is 0.0731. The van der Waals surface area contributed by atoms with Crippen molar-refractivity contribution in [3.63, 3.8) is 0 Å². The number of carbonyl (C=O) groups excluding carboxylic acids is 3. The molecule has 0 saturated carbocycles. The Morgan fingerprint density at radius 1 is 0.941 bits per heavy atom. The number of nitrogens with zero attached hydrogens (tertiary/aromatic N) is 3. The molecule has 0 radical (unpaired) electrons. The van der Waals surface area contributed by atoms with Crippen LogP contribution in [0.25, 0.3) is 0 Å². The quantitative estimate of drug-likeness (QED) is 0.671. The Morgan fingerprint density at radius 3 is 2.35 bits per heavy atom. The van der Waals surface area contributed by atoms with Gasteiger partial charge in [-0.25, -0.2) is 0 Å². The molecule has 0 unspecified atom stereocenters. The Labute approximate surface area is 200 Å². The summed E-state index contributed by atoms with van der Waals surface area (Å²) in [6, 6.07) is 13.5. The summed E-state index contributed by atoms with van der Waals surface area (Å²) in [5.74, 6) is -1.11. The van der Waals surface area contributed by atoms with Gasteiger partial charge in [-0.05, 0) is 68.1 Å². The molecule has 3 aliphatic heterocycles. The van der Waals surface area contributed by atoms with Crippen LogP contribution in [0.1, 0.15) is 63.6 Å². The lowest BCUT2D eigenvalue weighted by molar-refractivity contribution is -0.121. The van der Waals surface area contributed by atoms with Crippen molar-refractivity contribution in [3.8, 4) is 0 Å². The van der Waals surface area contributed by atoms with Crippen molar-refractivity contribution in [1.29, 1.82) is 0 Å². The third-order valence-electron chi connectivity index (χ3n) is 7.34. The monoisotopic (exact) mass is 460 g/mol. The van der Waals surface area contributed by atoms with Gasteiger partial charge in [0, 0.05) is 25.8 Å². The lowest BCUT2D eigenvalue weighted by atomic mass is 9.95. The molecular weight excluding hydrogens is 428 g/mol. The van der Waals surface area contributed by atoms with E-state index in [1.165, 1.54) is 23.2 Å². The summed E-state index contributed by atoms with van der Waals surface area (Å²) < 4.78 is 0. The first-order valence-corrected chi connectivity index (χ1v) is 12.3. The molecule has 7 heteroatoms. The maximum atomic E-state index is 12.9. The van der Waals surface area contributed by atoms with Gasteiger partial charge >= 0.3 is 0 Å². The zero-order chi connectivity index (χ0) is 23.7. The molecule has 2 aromatic carbocycles. The molecule has 5 rings (SSSR count). The smallest absolute Gasteiger partial charge is 0.262 e. The summed E-state index contributed by atoms with van der Waals surface area (Å²) in [7, 11) is 2.14. The first kappa shape index (κ1) is 22.6. The van der Waals surface area contributed by atoms with E-state index < -0.39 is 11.8 Å². The average molecular weight is 461 g/mol. The number of imide groups is 1. The minimum atomic E-state index is -0.401. The summed E-state index contributed by atoms with van der Waals surface area (Å²) in [5, 5.41) is 3.03. The molecule has 3 heterocycles. The molecule has 1 fully saturated rings. The van der Waals surface area contributed by atoms with Gasteiger partial charge in [0.1, 0.15) is 6.54 Å². The Kier molecular flexibility index (Phi) is 6.37. The van der Waals surface area contributed by atoms with Crippen LogP contribution in [0.15, 0.2) is 42.5 Å². The van der Waals surface area contributed by atoms with Gasteiger partial charge in [0.15, 0.2) is 0 Å². The van der Waals surface area contributed by atoms with E-state index >= 15 is 0 Å². The highest BCUT2D eigenvalue weighted by Gasteiger charge is 2.36. The van der Waals surface area contributed by atoms with E-state index in [1.54, 1.807) is 24.3 Å². The number of hydrogen-bond acceptors (Lipinski definition) is 5. The SMILES string of the molecule is CN1CCCc2cc([C@H](CNC(=O)CN3C(=O)c4ccccc4C3=O)N3CCCCC3)ccc21. The Bertz CT molecular complexity index is 1070. The number of piperidine rings is 1. The van der Waals surface area contributed by atoms with Crippen LogP contribution in [-0.4, -0.2) is 67.3 Å². The largest absolute Gasteiger partial charge is 0.374 e. The Balaban J connectivity index is 1.29. The first-order valence-electron chi connectivity index (χ1n) is 12.3. The van der Waals surface area contributed by atoms with Gasteiger partial charge in [-0.1, -0.05) is 30.7 Å². The van der Waals surface area contributed by atoms with Crippen LogP contribution in [0.4, 0.5) is 5.69 Å². The lowest BCUT2D eigenvalue weighted by Gasteiger charge is -2.36. The molecule has 7 nitrogen and oxygen atoms in total. The third kappa shape index (κ3) is 4.32. The molecule has 178 valence electrons. The summed E-state index contributed by atoms with van der Waals surface area (Å²) in [4.78, 5) is 43.9. The van der Waals surface area contributed by atoms with Crippen molar-refractivity contribution in [2.24, 2.45) is 0 Å². The number of aryl methyl sites for hydroxylation is 1. The zero-order valence-corrected chi connectivity index (χ0v) is 19.8. The highest BCUT2D eigenvalue weighted by atomic mass is 16.2. The predicted molar refractivity (Wildman–Crippen MR) is 131 cm³/mol. The van der Waals surface area contributed by atoms with E-state index in [-0.39, 0.29) is 18.5 Å². The van der Waals surface area contributed by atoms with Crippen molar-refractivity contribution in [2.75, 3.05) is 44.7 Å². The van der Waals surface area contributed by atoms with E-state index in [1.807, 2.05) is 0 Å². The highest BCUT2D eigenvalue weighted by molar-refractivity contribution is 6.22. The van der Waals surface area contributed by atoms with Crippen LogP contribution in [0, 0.1) is 0 Å². The van der Waals surface area contributed by atoms with Crippen molar-refractivity contribution in [2.45, 2.75) is 38.1 Å². The van der Waals surface area contributed by atoms with Crippen LogP contribution in [0.2, 0.25) is 0 Å². The number of fused-ring (bicyclic) bond motifs is 2. The van der Waals surface area contributed by atoms with Gasteiger partial charge in [-0.3, -0.25) is 24.2 Å². The summed E-state index contributed by atoms with van der Waals surface area (Å²) in [6.07, 6.45) is 5.79. The fourth-order valence-electron chi connectivity index (χ4n) is 5.49. The molecule has 3 aliphatic rings. The van der Waals surface area contributed by atoms with E-state index in [4.69, 9.17) is 0 Å².